The van der Waals surface area contributed by atoms with Gasteiger partial charge in [0.2, 0.25) is 0 Å². The van der Waals surface area contributed by atoms with Crippen molar-refractivity contribution in [1.82, 2.24) is 5.32 Å². The van der Waals surface area contributed by atoms with Crippen LogP contribution in [0.2, 0.25) is 0 Å². The molecule has 1 aromatic heterocycles. The SMILES string of the molecule is COc1cc(C(=O)NC(C)c2cccs2)ccc1OC(C)C. The van der Waals surface area contributed by atoms with E-state index in [0.29, 0.717) is 17.1 Å². The van der Waals surface area contributed by atoms with Gasteiger partial charge in [-0.15, -0.1) is 11.3 Å². The van der Waals surface area contributed by atoms with Crippen LogP contribution in [0.1, 0.15) is 42.0 Å². The highest BCUT2D eigenvalue weighted by molar-refractivity contribution is 7.10. The van der Waals surface area contributed by atoms with Crippen LogP contribution in [0.5, 0.6) is 11.5 Å². The summed E-state index contributed by atoms with van der Waals surface area (Å²) < 4.78 is 11.0. The first-order chi connectivity index (χ1) is 10.5. The standard InChI is InChI=1S/C17H21NO3S/c1-11(2)21-14-8-7-13(10-15(14)20-4)17(19)18-12(3)16-6-5-9-22-16/h5-12H,1-4H3,(H,18,19). The molecule has 2 rings (SSSR count). The molecule has 0 aliphatic rings. The van der Waals surface area contributed by atoms with Crippen molar-refractivity contribution in [1.29, 1.82) is 0 Å². The van der Waals surface area contributed by atoms with Crippen molar-refractivity contribution in [3.05, 3.63) is 46.2 Å². The second kappa shape index (κ2) is 7.31. The van der Waals surface area contributed by atoms with Crippen molar-refractivity contribution in [3.8, 4) is 11.5 Å². The van der Waals surface area contributed by atoms with Gasteiger partial charge in [-0.1, -0.05) is 6.07 Å². The molecule has 1 unspecified atom stereocenters. The van der Waals surface area contributed by atoms with E-state index >= 15 is 0 Å². The largest absolute Gasteiger partial charge is 0.493 e. The van der Waals surface area contributed by atoms with Gasteiger partial charge in [0.25, 0.3) is 5.91 Å². The zero-order valence-corrected chi connectivity index (χ0v) is 14.1. The van der Waals surface area contributed by atoms with Crippen LogP contribution in [0.4, 0.5) is 0 Å². The van der Waals surface area contributed by atoms with Crippen molar-refractivity contribution < 1.29 is 14.3 Å². The van der Waals surface area contributed by atoms with Gasteiger partial charge in [-0.25, -0.2) is 0 Å². The van der Waals surface area contributed by atoms with Crippen LogP contribution in [0.25, 0.3) is 0 Å². The van der Waals surface area contributed by atoms with Crippen molar-refractivity contribution in [3.63, 3.8) is 0 Å². The Morgan fingerprint density at radius 3 is 2.55 bits per heavy atom. The maximum Gasteiger partial charge on any atom is 0.251 e. The number of benzene rings is 1. The molecule has 1 aromatic carbocycles. The molecular weight excluding hydrogens is 298 g/mol. The van der Waals surface area contributed by atoms with Gasteiger partial charge in [-0.2, -0.15) is 0 Å². The van der Waals surface area contributed by atoms with E-state index < -0.39 is 0 Å². The topological polar surface area (TPSA) is 47.6 Å². The van der Waals surface area contributed by atoms with Crippen LogP contribution in [0, 0.1) is 0 Å². The van der Waals surface area contributed by atoms with E-state index in [-0.39, 0.29) is 18.1 Å². The maximum absolute atomic E-state index is 12.3. The van der Waals surface area contributed by atoms with E-state index in [0.717, 1.165) is 4.88 Å². The summed E-state index contributed by atoms with van der Waals surface area (Å²) in [4.78, 5) is 13.5. The number of rotatable bonds is 6. The molecule has 0 aliphatic heterocycles. The van der Waals surface area contributed by atoms with Gasteiger partial charge in [-0.05, 0) is 50.4 Å². The van der Waals surface area contributed by atoms with Gasteiger partial charge in [0, 0.05) is 10.4 Å². The molecule has 0 saturated carbocycles. The number of carbonyl (C=O) groups excluding carboxylic acids is 1. The fourth-order valence-electron chi connectivity index (χ4n) is 2.05. The summed E-state index contributed by atoms with van der Waals surface area (Å²) in [6.45, 7) is 5.86. The van der Waals surface area contributed by atoms with E-state index in [1.807, 2.05) is 38.3 Å². The zero-order valence-electron chi connectivity index (χ0n) is 13.3. The van der Waals surface area contributed by atoms with Crippen molar-refractivity contribution in [2.45, 2.75) is 32.9 Å². The summed E-state index contributed by atoms with van der Waals surface area (Å²) in [5.74, 6) is 1.07. The minimum absolute atomic E-state index is 0.0231. The highest BCUT2D eigenvalue weighted by Gasteiger charge is 2.15. The predicted octanol–water partition coefficient (Wildman–Crippen LogP) is 4.03. The summed E-state index contributed by atoms with van der Waals surface area (Å²) in [5, 5.41) is 4.98. The Morgan fingerprint density at radius 1 is 1.18 bits per heavy atom. The number of amides is 1. The van der Waals surface area contributed by atoms with Crippen LogP contribution < -0.4 is 14.8 Å². The Bertz CT molecular complexity index is 623. The lowest BCUT2D eigenvalue weighted by atomic mass is 10.1. The summed E-state index contributed by atoms with van der Waals surface area (Å²) in [7, 11) is 1.57. The van der Waals surface area contributed by atoms with Gasteiger partial charge in [-0.3, -0.25) is 4.79 Å². The fourth-order valence-corrected chi connectivity index (χ4v) is 2.78. The Labute approximate surface area is 135 Å². The second-order valence-electron chi connectivity index (χ2n) is 5.24. The number of methoxy groups -OCH3 is 1. The first-order valence-corrected chi connectivity index (χ1v) is 8.08. The molecule has 5 heteroatoms. The Hall–Kier alpha value is -2.01. The molecular formula is C17H21NO3S. The van der Waals surface area contributed by atoms with Crippen molar-refractivity contribution >= 4 is 17.2 Å². The number of hydrogen-bond donors (Lipinski definition) is 1. The van der Waals surface area contributed by atoms with Gasteiger partial charge in [0.05, 0.1) is 19.3 Å². The summed E-state index contributed by atoms with van der Waals surface area (Å²) in [6, 6.07) is 9.18. The summed E-state index contributed by atoms with van der Waals surface area (Å²) in [5.41, 5.74) is 0.552. The van der Waals surface area contributed by atoms with Gasteiger partial charge < -0.3 is 14.8 Å². The Kier molecular flexibility index (Phi) is 5.44. The molecule has 22 heavy (non-hydrogen) atoms. The molecule has 0 saturated heterocycles. The average Bonchev–Trinajstić information content (AvgIpc) is 3.01. The van der Waals surface area contributed by atoms with Crippen molar-refractivity contribution in [2.75, 3.05) is 7.11 Å². The highest BCUT2D eigenvalue weighted by atomic mass is 32.1. The van der Waals surface area contributed by atoms with Crippen LogP contribution in [0.3, 0.4) is 0 Å². The van der Waals surface area contributed by atoms with Crippen LogP contribution >= 0.6 is 11.3 Å². The molecule has 0 spiro atoms. The Balaban J connectivity index is 2.12. The number of thiophene rings is 1. The van der Waals surface area contributed by atoms with Gasteiger partial charge in [0.15, 0.2) is 11.5 Å². The van der Waals surface area contributed by atoms with Crippen LogP contribution in [-0.2, 0) is 0 Å². The third kappa shape index (κ3) is 4.01. The van der Waals surface area contributed by atoms with E-state index in [9.17, 15) is 4.79 Å². The number of ether oxygens (including phenoxy) is 2. The molecule has 1 atom stereocenters. The lowest BCUT2D eigenvalue weighted by Crippen LogP contribution is -2.26. The molecule has 1 amide bonds. The highest BCUT2D eigenvalue weighted by Crippen LogP contribution is 2.29. The van der Waals surface area contributed by atoms with E-state index in [4.69, 9.17) is 9.47 Å². The number of carbonyl (C=O) groups is 1. The maximum atomic E-state index is 12.3. The normalized spacial score (nSPS) is 12.0. The number of nitrogens with one attached hydrogen (secondary N) is 1. The van der Waals surface area contributed by atoms with Gasteiger partial charge in [0.1, 0.15) is 0 Å². The predicted molar refractivity (Wildman–Crippen MR) is 89.0 cm³/mol. The first kappa shape index (κ1) is 16.4. The Morgan fingerprint density at radius 2 is 1.95 bits per heavy atom. The molecule has 0 fully saturated rings. The molecule has 1 N–H and O–H groups in total. The van der Waals surface area contributed by atoms with Gasteiger partial charge >= 0.3 is 0 Å². The summed E-state index contributed by atoms with van der Waals surface area (Å²) in [6.07, 6.45) is 0.0485. The van der Waals surface area contributed by atoms with E-state index in [1.54, 1.807) is 36.6 Å². The average molecular weight is 319 g/mol. The number of hydrogen-bond acceptors (Lipinski definition) is 4. The third-order valence-corrected chi connectivity index (χ3v) is 4.16. The molecule has 2 aromatic rings. The van der Waals surface area contributed by atoms with E-state index in [2.05, 4.69) is 5.32 Å². The zero-order chi connectivity index (χ0) is 16.1. The monoisotopic (exact) mass is 319 g/mol. The minimum Gasteiger partial charge on any atom is -0.493 e. The first-order valence-electron chi connectivity index (χ1n) is 7.20. The lowest BCUT2D eigenvalue weighted by Gasteiger charge is -2.16. The summed E-state index contributed by atoms with van der Waals surface area (Å²) >= 11 is 1.63. The molecule has 4 nitrogen and oxygen atoms in total. The lowest BCUT2D eigenvalue weighted by molar-refractivity contribution is 0.0940. The second-order valence-corrected chi connectivity index (χ2v) is 6.22. The third-order valence-electron chi connectivity index (χ3n) is 3.11. The minimum atomic E-state index is -0.129. The molecule has 1 heterocycles. The molecule has 0 radical (unpaired) electrons. The van der Waals surface area contributed by atoms with Crippen molar-refractivity contribution in [2.24, 2.45) is 0 Å². The van der Waals surface area contributed by atoms with Crippen LogP contribution in [0.15, 0.2) is 35.7 Å². The molecule has 0 bridgehead atoms. The fraction of sp³-hybridized carbons (Fsp3) is 0.353. The molecule has 118 valence electrons. The quantitative estimate of drug-likeness (QED) is 0.874. The van der Waals surface area contributed by atoms with Crippen LogP contribution in [-0.4, -0.2) is 19.1 Å². The smallest absolute Gasteiger partial charge is 0.251 e. The molecule has 0 aliphatic carbocycles. The van der Waals surface area contributed by atoms with E-state index in [1.165, 1.54) is 0 Å².